The molecule has 0 fully saturated rings. The molecule has 120 valence electrons. The molecule has 0 heterocycles. The first kappa shape index (κ1) is 19.0. The molecule has 0 aliphatic rings. The van der Waals surface area contributed by atoms with Crippen molar-refractivity contribution in [2.45, 2.75) is 17.7 Å². The Bertz CT molecular complexity index is 518. The highest BCUT2D eigenvalue weighted by atomic mass is 35.5. The Hall–Kier alpha value is -1.03. The number of hydrogen-bond acceptors (Lipinski definition) is 2. The van der Waals surface area contributed by atoms with Gasteiger partial charge in [0.25, 0.3) is 0 Å². The Balaban J connectivity index is 0.00000242. The second kappa shape index (κ2) is 10.7. The number of nitrogens with zero attached hydrogens (tertiary/aromatic N) is 1. The van der Waals surface area contributed by atoms with Crippen LogP contribution in [-0.2, 0) is 6.42 Å². The van der Waals surface area contributed by atoms with Crippen molar-refractivity contribution in [2.24, 2.45) is 0 Å². The highest BCUT2D eigenvalue weighted by Crippen LogP contribution is 2.18. The number of likely N-dealkylation sites (N-methyl/N-ethyl adjacent to an activating group) is 1. The van der Waals surface area contributed by atoms with Crippen LogP contribution >= 0.6 is 24.2 Å². The summed E-state index contributed by atoms with van der Waals surface area (Å²) in [5.74, 6) is 0.904. The second-order valence-corrected chi connectivity index (χ2v) is 6.36. The number of benzene rings is 2. The summed E-state index contributed by atoms with van der Waals surface area (Å²) in [6.07, 6.45) is 2.25. The van der Waals surface area contributed by atoms with Crippen molar-refractivity contribution in [2.75, 3.05) is 25.9 Å². The molecule has 0 aliphatic carbocycles. The molecule has 0 saturated heterocycles. The zero-order chi connectivity index (χ0) is 14.9. The molecule has 0 unspecified atom stereocenters. The van der Waals surface area contributed by atoms with Crippen LogP contribution in [0.3, 0.4) is 0 Å². The molecule has 0 aromatic heterocycles. The maximum Gasteiger partial charge on any atom is 0.123 e. The Morgan fingerprint density at radius 1 is 0.955 bits per heavy atom. The molecule has 0 radical (unpaired) electrons. The van der Waals surface area contributed by atoms with Gasteiger partial charge in [0.1, 0.15) is 5.82 Å². The van der Waals surface area contributed by atoms with Gasteiger partial charge in [-0.05, 0) is 62.0 Å². The summed E-state index contributed by atoms with van der Waals surface area (Å²) in [5, 5.41) is 0. The molecule has 2 aromatic carbocycles. The van der Waals surface area contributed by atoms with Crippen LogP contribution in [0.25, 0.3) is 0 Å². The van der Waals surface area contributed by atoms with Gasteiger partial charge in [0.15, 0.2) is 0 Å². The minimum Gasteiger partial charge on any atom is -0.306 e. The fourth-order valence-corrected chi connectivity index (χ4v) is 2.97. The maximum absolute atomic E-state index is 12.8. The van der Waals surface area contributed by atoms with Crippen LogP contribution in [0.4, 0.5) is 4.39 Å². The topological polar surface area (TPSA) is 3.24 Å². The van der Waals surface area contributed by atoms with Gasteiger partial charge in [-0.25, -0.2) is 4.39 Å². The molecule has 22 heavy (non-hydrogen) atoms. The van der Waals surface area contributed by atoms with E-state index in [1.54, 1.807) is 11.8 Å². The lowest BCUT2D eigenvalue weighted by Gasteiger charge is -2.16. The minimum atomic E-state index is -0.167. The lowest BCUT2D eigenvalue weighted by molar-refractivity contribution is 0.340. The second-order valence-electron chi connectivity index (χ2n) is 5.19. The minimum absolute atomic E-state index is 0. The van der Waals surface area contributed by atoms with Crippen molar-refractivity contribution in [3.8, 4) is 0 Å². The Kier molecular flexibility index (Phi) is 9.21. The summed E-state index contributed by atoms with van der Waals surface area (Å²) in [4.78, 5) is 3.52. The third-order valence-electron chi connectivity index (χ3n) is 3.39. The third kappa shape index (κ3) is 7.30. The van der Waals surface area contributed by atoms with Crippen LogP contribution in [0.2, 0.25) is 0 Å². The van der Waals surface area contributed by atoms with Crippen LogP contribution < -0.4 is 0 Å². The zero-order valence-electron chi connectivity index (χ0n) is 12.9. The molecule has 0 N–H and O–H groups in total. The summed E-state index contributed by atoms with van der Waals surface area (Å²) >= 11 is 1.79. The van der Waals surface area contributed by atoms with Crippen molar-refractivity contribution in [1.29, 1.82) is 0 Å². The molecule has 0 spiro atoms. The normalized spacial score (nSPS) is 10.5. The van der Waals surface area contributed by atoms with E-state index in [-0.39, 0.29) is 18.2 Å². The Morgan fingerprint density at radius 3 is 2.32 bits per heavy atom. The standard InChI is InChI=1S/C18H22FNS.ClH/c1-20(14-12-16-6-3-2-4-7-16)13-5-15-21-18-10-8-17(19)9-11-18;/h2-4,6-11H,5,12-15H2,1H3;1H. The van der Waals surface area contributed by atoms with Crippen molar-refractivity contribution >= 4 is 24.2 Å². The van der Waals surface area contributed by atoms with E-state index in [9.17, 15) is 4.39 Å². The molecular formula is C18H23ClFNS. The first-order valence-electron chi connectivity index (χ1n) is 7.35. The molecular weight excluding hydrogens is 317 g/mol. The smallest absolute Gasteiger partial charge is 0.123 e. The molecule has 0 atom stereocenters. The van der Waals surface area contributed by atoms with E-state index in [0.717, 1.165) is 36.6 Å². The first-order chi connectivity index (χ1) is 10.2. The van der Waals surface area contributed by atoms with E-state index < -0.39 is 0 Å². The number of rotatable bonds is 8. The van der Waals surface area contributed by atoms with Gasteiger partial charge in [0.05, 0.1) is 0 Å². The van der Waals surface area contributed by atoms with Crippen LogP contribution in [0.1, 0.15) is 12.0 Å². The SMILES string of the molecule is CN(CCCSc1ccc(F)cc1)CCc1ccccc1.Cl. The van der Waals surface area contributed by atoms with Crippen molar-refractivity contribution in [3.63, 3.8) is 0 Å². The quantitative estimate of drug-likeness (QED) is 0.497. The van der Waals surface area contributed by atoms with Gasteiger partial charge < -0.3 is 4.90 Å². The lowest BCUT2D eigenvalue weighted by Crippen LogP contribution is -2.22. The van der Waals surface area contributed by atoms with Gasteiger partial charge in [-0.2, -0.15) is 0 Å². The highest BCUT2D eigenvalue weighted by Gasteiger charge is 2.00. The van der Waals surface area contributed by atoms with Gasteiger partial charge >= 0.3 is 0 Å². The van der Waals surface area contributed by atoms with Gasteiger partial charge in [0.2, 0.25) is 0 Å². The fraction of sp³-hybridized carbons (Fsp3) is 0.333. The van der Waals surface area contributed by atoms with Crippen molar-refractivity contribution in [1.82, 2.24) is 4.90 Å². The van der Waals surface area contributed by atoms with Gasteiger partial charge in [0, 0.05) is 11.4 Å². The average molecular weight is 340 g/mol. The summed E-state index contributed by atoms with van der Waals surface area (Å²) in [7, 11) is 2.17. The molecule has 2 rings (SSSR count). The monoisotopic (exact) mass is 339 g/mol. The van der Waals surface area contributed by atoms with E-state index in [2.05, 4.69) is 42.3 Å². The van der Waals surface area contributed by atoms with E-state index in [0.29, 0.717) is 0 Å². The van der Waals surface area contributed by atoms with Gasteiger partial charge in [-0.15, -0.1) is 24.2 Å². The van der Waals surface area contributed by atoms with Gasteiger partial charge in [-0.3, -0.25) is 0 Å². The fourth-order valence-electron chi connectivity index (χ4n) is 2.13. The van der Waals surface area contributed by atoms with Crippen molar-refractivity contribution < 1.29 is 4.39 Å². The third-order valence-corrected chi connectivity index (χ3v) is 4.49. The molecule has 0 amide bonds. The van der Waals surface area contributed by atoms with E-state index in [1.807, 2.05) is 12.1 Å². The Morgan fingerprint density at radius 2 is 1.64 bits per heavy atom. The molecule has 2 aromatic rings. The van der Waals surface area contributed by atoms with Crippen molar-refractivity contribution in [3.05, 3.63) is 66.0 Å². The van der Waals surface area contributed by atoms with Crippen LogP contribution in [0.15, 0.2) is 59.5 Å². The largest absolute Gasteiger partial charge is 0.306 e. The van der Waals surface area contributed by atoms with Crippen LogP contribution in [0, 0.1) is 5.82 Å². The highest BCUT2D eigenvalue weighted by molar-refractivity contribution is 7.99. The number of halogens is 2. The summed E-state index contributed by atoms with van der Waals surface area (Å²) in [6, 6.07) is 17.3. The molecule has 1 nitrogen and oxygen atoms in total. The summed E-state index contributed by atoms with van der Waals surface area (Å²) < 4.78 is 12.8. The number of thioether (sulfide) groups is 1. The predicted molar refractivity (Wildman–Crippen MR) is 96.6 cm³/mol. The predicted octanol–water partition coefficient (Wildman–Crippen LogP) is 4.90. The van der Waals surface area contributed by atoms with Crippen LogP contribution in [0.5, 0.6) is 0 Å². The van der Waals surface area contributed by atoms with Crippen LogP contribution in [-0.4, -0.2) is 30.8 Å². The van der Waals surface area contributed by atoms with Gasteiger partial charge in [-0.1, -0.05) is 30.3 Å². The molecule has 0 bridgehead atoms. The Labute approximate surface area is 143 Å². The number of hydrogen-bond donors (Lipinski definition) is 0. The molecule has 0 saturated carbocycles. The molecule has 0 aliphatic heterocycles. The summed E-state index contributed by atoms with van der Waals surface area (Å²) in [5.41, 5.74) is 1.39. The van der Waals surface area contributed by atoms with E-state index in [1.165, 1.54) is 17.7 Å². The lowest BCUT2D eigenvalue weighted by atomic mass is 10.1. The average Bonchev–Trinajstić information content (AvgIpc) is 2.52. The zero-order valence-corrected chi connectivity index (χ0v) is 14.5. The van der Waals surface area contributed by atoms with E-state index in [4.69, 9.17) is 0 Å². The first-order valence-corrected chi connectivity index (χ1v) is 8.33. The summed E-state index contributed by atoms with van der Waals surface area (Å²) in [6.45, 7) is 2.19. The molecule has 4 heteroatoms. The van der Waals surface area contributed by atoms with E-state index >= 15 is 0 Å². The maximum atomic E-state index is 12.8.